The molecule has 0 aliphatic carbocycles. The second-order valence-corrected chi connectivity index (χ2v) is 12.7. The average molecular weight is 572 g/mol. The Morgan fingerprint density at radius 1 is 1.08 bits per heavy atom. The van der Waals surface area contributed by atoms with Crippen molar-refractivity contribution in [1.29, 1.82) is 0 Å². The van der Waals surface area contributed by atoms with Gasteiger partial charge in [-0.15, -0.1) is 0 Å². The van der Waals surface area contributed by atoms with Crippen LogP contribution in [0.15, 0.2) is 47.4 Å². The first kappa shape index (κ1) is 30.1. The fourth-order valence-corrected chi connectivity index (χ4v) is 5.75. The predicted molar refractivity (Wildman–Crippen MR) is 139 cm³/mol. The molecule has 1 atom stereocenters. The molecule has 0 fully saturated rings. The summed E-state index contributed by atoms with van der Waals surface area (Å²) in [4.78, 5) is 23.4. The SMILES string of the molecule is CC(=O)NC(C)(C)C[C@H]1CN(S(=O)(=O)c2cccc(C(F)(F)F)c2)c2cc(NC(=O)OC(C)(C)C)ccc2O1. The van der Waals surface area contributed by atoms with E-state index in [0.717, 1.165) is 22.5 Å². The van der Waals surface area contributed by atoms with Gasteiger partial charge >= 0.3 is 12.3 Å². The second kappa shape index (κ2) is 10.6. The Hall–Kier alpha value is -3.48. The van der Waals surface area contributed by atoms with Crippen LogP contribution in [-0.4, -0.2) is 44.2 Å². The van der Waals surface area contributed by atoms with Gasteiger partial charge in [0.25, 0.3) is 10.0 Å². The lowest BCUT2D eigenvalue weighted by Crippen LogP contribution is -2.50. The van der Waals surface area contributed by atoms with E-state index in [1.54, 1.807) is 34.6 Å². The topological polar surface area (TPSA) is 114 Å². The molecule has 0 radical (unpaired) electrons. The standard InChI is InChI=1S/C26H32F3N3O6S/c1-16(33)31-25(5,6)14-19-15-32(39(35,36)20-9-7-8-17(12-20)26(27,28)29)21-13-18(10-11-22(21)37-19)30-23(34)38-24(2,3)4/h7-13,19H,14-15H2,1-6H3,(H,30,34)(H,31,33)/t19-/m0/s1. The molecule has 2 amide bonds. The monoisotopic (exact) mass is 571 g/mol. The molecule has 214 valence electrons. The number of alkyl halides is 3. The number of amides is 2. The second-order valence-electron chi connectivity index (χ2n) is 10.9. The summed E-state index contributed by atoms with van der Waals surface area (Å²) >= 11 is 0. The van der Waals surface area contributed by atoms with Crippen molar-refractivity contribution in [3.05, 3.63) is 48.0 Å². The number of nitrogens with zero attached hydrogens (tertiary/aromatic N) is 1. The summed E-state index contributed by atoms with van der Waals surface area (Å²) in [5.74, 6) is -0.155. The summed E-state index contributed by atoms with van der Waals surface area (Å²) in [5.41, 5.74) is -2.46. The van der Waals surface area contributed by atoms with Gasteiger partial charge in [0.1, 0.15) is 17.5 Å². The summed E-state index contributed by atoms with van der Waals surface area (Å²) in [6.45, 7) is 9.62. The van der Waals surface area contributed by atoms with Gasteiger partial charge in [0.05, 0.1) is 22.7 Å². The number of anilines is 2. The molecule has 0 aromatic heterocycles. The molecule has 0 saturated carbocycles. The molecular formula is C26H32F3N3O6S. The Kier molecular flexibility index (Phi) is 8.16. The van der Waals surface area contributed by atoms with Gasteiger partial charge in [-0.3, -0.25) is 14.4 Å². The van der Waals surface area contributed by atoms with E-state index < -0.39 is 50.0 Å². The molecule has 1 heterocycles. The molecule has 2 aromatic rings. The number of fused-ring (bicyclic) bond motifs is 1. The van der Waals surface area contributed by atoms with Crippen molar-refractivity contribution in [2.75, 3.05) is 16.2 Å². The minimum atomic E-state index is -4.75. The molecule has 0 unspecified atom stereocenters. The Labute approximate surface area is 225 Å². The summed E-state index contributed by atoms with van der Waals surface area (Å²) in [7, 11) is -4.52. The molecule has 0 saturated heterocycles. The van der Waals surface area contributed by atoms with E-state index in [-0.39, 0.29) is 36.0 Å². The van der Waals surface area contributed by atoms with Crippen molar-refractivity contribution in [2.24, 2.45) is 0 Å². The van der Waals surface area contributed by atoms with Crippen molar-refractivity contribution in [1.82, 2.24) is 5.32 Å². The van der Waals surface area contributed by atoms with E-state index in [1.807, 2.05) is 0 Å². The highest BCUT2D eigenvalue weighted by Crippen LogP contribution is 2.41. The molecule has 9 nitrogen and oxygen atoms in total. The number of carbonyl (C=O) groups excluding carboxylic acids is 2. The maximum absolute atomic E-state index is 13.8. The van der Waals surface area contributed by atoms with Crippen molar-refractivity contribution >= 4 is 33.4 Å². The van der Waals surface area contributed by atoms with E-state index in [2.05, 4.69) is 10.6 Å². The summed E-state index contributed by atoms with van der Waals surface area (Å²) in [6.07, 6.45) is -6.09. The number of sulfonamides is 1. The zero-order valence-corrected chi connectivity index (χ0v) is 23.3. The summed E-state index contributed by atoms with van der Waals surface area (Å²) in [6, 6.07) is 7.75. The first-order chi connectivity index (χ1) is 17.8. The molecule has 3 rings (SSSR count). The Morgan fingerprint density at radius 2 is 1.74 bits per heavy atom. The van der Waals surface area contributed by atoms with E-state index in [1.165, 1.54) is 25.1 Å². The number of hydrogen-bond donors (Lipinski definition) is 2. The zero-order chi connectivity index (χ0) is 29.4. The van der Waals surface area contributed by atoms with Gasteiger partial charge in [0, 0.05) is 24.6 Å². The first-order valence-corrected chi connectivity index (χ1v) is 13.5. The third-order valence-electron chi connectivity index (χ3n) is 5.54. The highest BCUT2D eigenvalue weighted by atomic mass is 32.2. The molecule has 1 aliphatic heterocycles. The highest BCUT2D eigenvalue weighted by Gasteiger charge is 2.39. The average Bonchev–Trinajstić information content (AvgIpc) is 2.75. The number of rotatable bonds is 6. The van der Waals surface area contributed by atoms with Crippen LogP contribution in [0.25, 0.3) is 0 Å². The van der Waals surface area contributed by atoms with Crippen molar-refractivity contribution in [2.45, 2.75) is 76.3 Å². The summed E-state index contributed by atoms with van der Waals surface area (Å²) in [5, 5.41) is 5.30. The van der Waals surface area contributed by atoms with E-state index in [0.29, 0.717) is 6.07 Å². The van der Waals surface area contributed by atoms with E-state index in [4.69, 9.17) is 9.47 Å². The number of benzene rings is 2. The van der Waals surface area contributed by atoms with Crippen LogP contribution < -0.4 is 19.7 Å². The largest absolute Gasteiger partial charge is 0.486 e. The van der Waals surface area contributed by atoms with E-state index in [9.17, 15) is 31.2 Å². The maximum Gasteiger partial charge on any atom is 0.416 e. The number of nitrogens with one attached hydrogen (secondary N) is 2. The molecule has 2 N–H and O–H groups in total. The Morgan fingerprint density at radius 3 is 2.33 bits per heavy atom. The molecule has 0 spiro atoms. The minimum Gasteiger partial charge on any atom is -0.486 e. The molecule has 1 aliphatic rings. The molecule has 2 aromatic carbocycles. The first-order valence-electron chi connectivity index (χ1n) is 12.1. The van der Waals surface area contributed by atoms with Crippen LogP contribution in [0.3, 0.4) is 0 Å². The van der Waals surface area contributed by atoms with Gasteiger partial charge in [0.15, 0.2) is 0 Å². The van der Waals surface area contributed by atoms with Gasteiger partial charge in [-0.2, -0.15) is 13.2 Å². The quantitative estimate of drug-likeness (QED) is 0.486. The number of carbonyl (C=O) groups is 2. The van der Waals surface area contributed by atoms with Crippen LogP contribution in [0.1, 0.15) is 53.5 Å². The normalized spacial score (nSPS) is 16.1. The molecule has 0 bridgehead atoms. The lowest BCUT2D eigenvalue weighted by molar-refractivity contribution is -0.137. The van der Waals surface area contributed by atoms with Crippen LogP contribution in [0.5, 0.6) is 5.75 Å². The molecule has 13 heteroatoms. The highest BCUT2D eigenvalue weighted by molar-refractivity contribution is 7.92. The van der Waals surface area contributed by atoms with Crippen molar-refractivity contribution < 1.29 is 40.7 Å². The summed E-state index contributed by atoms with van der Waals surface area (Å²) < 4.78 is 79.9. The predicted octanol–water partition coefficient (Wildman–Crippen LogP) is 5.31. The molecule has 39 heavy (non-hydrogen) atoms. The van der Waals surface area contributed by atoms with Gasteiger partial charge < -0.3 is 14.8 Å². The number of ether oxygens (including phenoxy) is 2. The smallest absolute Gasteiger partial charge is 0.416 e. The zero-order valence-electron chi connectivity index (χ0n) is 22.5. The third kappa shape index (κ3) is 7.78. The van der Waals surface area contributed by atoms with Crippen LogP contribution >= 0.6 is 0 Å². The van der Waals surface area contributed by atoms with Crippen LogP contribution in [0, 0.1) is 0 Å². The lowest BCUT2D eigenvalue weighted by Gasteiger charge is -2.39. The van der Waals surface area contributed by atoms with E-state index >= 15 is 0 Å². The van der Waals surface area contributed by atoms with Crippen LogP contribution in [0.2, 0.25) is 0 Å². The van der Waals surface area contributed by atoms with Gasteiger partial charge in [-0.1, -0.05) is 6.07 Å². The van der Waals surface area contributed by atoms with Crippen LogP contribution in [0.4, 0.5) is 29.3 Å². The fourth-order valence-electron chi connectivity index (χ4n) is 4.20. The van der Waals surface area contributed by atoms with Crippen molar-refractivity contribution in [3.8, 4) is 5.75 Å². The van der Waals surface area contributed by atoms with Crippen molar-refractivity contribution in [3.63, 3.8) is 0 Å². The third-order valence-corrected chi connectivity index (χ3v) is 7.31. The minimum absolute atomic E-state index is 0.0227. The van der Waals surface area contributed by atoms with Gasteiger partial charge in [-0.25, -0.2) is 13.2 Å². The van der Waals surface area contributed by atoms with Gasteiger partial charge in [0.2, 0.25) is 5.91 Å². The Bertz CT molecular complexity index is 1350. The number of halogens is 3. The maximum atomic E-state index is 13.8. The Balaban J connectivity index is 2.05. The molecular weight excluding hydrogens is 539 g/mol. The number of hydrogen-bond acceptors (Lipinski definition) is 6. The lowest BCUT2D eigenvalue weighted by atomic mass is 9.95. The fraction of sp³-hybridized carbons (Fsp3) is 0.462. The van der Waals surface area contributed by atoms with Crippen LogP contribution in [-0.2, 0) is 25.7 Å². The van der Waals surface area contributed by atoms with Gasteiger partial charge in [-0.05, 0) is 71.0 Å².